The SMILES string of the molecule is COc1nc(C)nc2c1cc(Br)c1nccn12. The van der Waals surface area contributed by atoms with Gasteiger partial charge in [0.15, 0.2) is 11.3 Å². The summed E-state index contributed by atoms with van der Waals surface area (Å²) in [6.07, 6.45) is 3.61. The molecule has 0 amide bonds. The number of pyridine rings is 1. The van der Waals surface area contributed by atoms with Crippen LogP contribution >= 0.6 is 15.9 Å². The minimum atomic E-state index is 0.573. The second-order valence-corrected chi connectivity index (χ2v) is 4.48. The van der Waals surface area contributed by atoms with E-state index in [9.17, 15) is 0 Å². The molecule has 0 saturated heterocycles. The standard InChI is InChI=1S/C11H9BrN4O/c1-6-14-9-7(11(15-6)17-2)5-8(12)10-13-3-4-16(9)10/h3-5H,1-2H3. The van der Waals surface area contributed by atoms with Crippen LogP contribution in [0.4, 0.5) is 0 Å². The minimum absolute atomic E-state index is 0.573. The number of halogens is 1. The van der Waals surface area contributed by atoms with Crippen LogP contribution in [-0.2, 0) is 0 Å². The van der Waals surface area contributed by atoms with Crippen LogP contribution in [0.2, 0.25) is 0 Å². The first-order chi connectivity index (χ1) is 8.20. The van der Waals surface area contributed by atoms with Gasteiger partial charge >= 0.3 is 0 Å². The molecule has 0 radical (unpaired) electrons. The van der Waals surface area contributed by atoms with Crippen molar-refractivity contribution in [2.75, 3.05) is 7.11 Å². The first kappa shape index (κ1) is 10.5. The first-order valence-corrected chi connectivity index (χ1v) is 5.84. The molecule has 0 spiro atoms. The van der Waals surface area contributed by atoms with Crippen molar-refractivity contribution in [3.05, 3.63) is 28.8 Å². The molecule has 0 aliphatic rings. The molecule has 3 heterocycles. The fraction of sp³-hybridized carbons (Fsp3) is 0.182. The Morgan fingerprint density at radius 3 is 2.88 bits per heavy atom. The van der Waals surface area contributed by atoms with E-state index in [2.05, 4.69) is 30.9 Å². The predicted octanol–water partition coefficient (Wildman–Crippen LogP) is 2.36. The van der Waals surface area contributed by atoms with Gasteiger partial charge in [0.25, 0.3) is 0 Å². The molecular formula is C11H9BrN4O. The number of methoxy groups -OCH3 is 1. The quantitative estimate of drug-likeness (QED) is 0.691. The summed E-state index contributed by atoms with van der Waals surface area (Å²) in [5.41, 5.74) is 1.63. The van der Waals surface area contributed by atoms with Crippen LogP contribution in [0.5, 0.6) is 5.88 Å². The number of hydrogen-bond acceptors (Lipinski definition) is 4. The lowest BCUT2D eigenvalue weighted by molar-refractivity contribution is 0.401. The summed E-state index contributed by atoms with van der Waals surface area (Å²) < 4.78 is 8.09. The number of ether oxygens (including phenoxy) is 1. The van der Waals surface area contributed by atoms with Gasteiger partial charge in [-0.05, 0) is 28.9 Å². The summed E-state index contributed by atoms with van der Waals surface area (Å²) in [6.45, 7) is 1.84. The summed E-state index contributed by atoms with van der Waals surface area (Å²) in [6, 6.07) is 1.93. The Hall–Kier alpha value is -1.69. The highest BCUT2D eigenvalue weighted by molar-refractivity contribution is 9.10. The lowest BCUT2D eigenvalue weighted by atomic mass is 10.3. The fourth-order valence-electron chi connectivity index (χ4n) is 1.85. The molecule has 0 aliphatic heterocycles. The van der Waals surface area contributed by atoms with Crippen molar-refractivity contribution in [2.24, 2.45) is 0 Å². The van der Waals surface area contributed by atoms with Crippen molar-refractivity contribution in [2.45, 2.75) is 6.92 Å². The minimum Gasteiger partial charge on any atom is -0.480 e. The van der Waals surface area contributed by atoms with Gasteiger partial charge in [-0.15, -0.1) is 0 Å². The highest BCUT2D eigenvalue weighted by Crippen LogP contribution is 2.28. The van der Waals surface area contributed by atoms with Gasteiger partial charge in [-0.2, -0.15) is 4.98 Å². The Morgan fingerprint density at radius 1 is 1.29 bits per heavy atom. The van der Waals surface area contributed by atoms with Gasteiger partial charge in [-0.1, -0.05) is 0 Å². The normalized spacial score (nSPS) is 11.2. The fourth-order valence-corrected chi connectivity index (χ4v) is 2.37. The zero-order valence-electron chi connectivity index (χ0n) is 9.31. The molecule has 3 aromatic rings. The van der Waals surface area contributed by atoms with E-state index in [1.54, 1.807) is 13.3 Å². The van der Waals surface area contributed by atoms with Gasteiger partial charge in [0, 0.05) is 12.4 Å². The Morgan fingerprint density at radius 2 is 2.12 bits per heavy atom. The van der Waals surface area contributed by atoms with E-state index in [1.807, 2.05) is 23.6 Å². The second kappa shape index (κ2) is 3.66. The topological polar surface area (TPSA) is 52.3 Å². The van der Waals surface area contributed by atoms with Crippen molar-refractivity contribution < 1.29 is 4.74 Å². The van der Waals surface area contributed by atoms with E-state index in [-0.39, 0.29) is 0 Å². The van der Waals surface area contributed by atoms with E-state index < -0.39 is 0 Å². The van der Waals surface area contributed by atoms with Gasteiger partial charge in [-0.25, -0.2) is 9.97 Å². The molecule has 0 N–H and O–H groups in total. The highest BCUT2D eigenvalue weighted by Gasteiger charge is 2.12. The van der Waals surface area contributed by atoms with Crippen LogP contribution in [-0.4, -0.2) is 26.5 Å². The maximum atomic E-state index is 5.28. The first-order valence-electron chi connectivity index (χ1n) is 5.04. The third-order valence-electron chi connectivity index (χ3n) is 2.55. The number of rotatable bonds is 1. The molecule has 17 heavy (non-hydrogen) atoms. The van der Waals surface area contributed by atoms with Gasteiger partial charge in [0.1, 0.15) is 5.82 Å². The average Bonchev–Trinajstić information content (AvgIpc) is 2.79. The van der Waals surface area contributed by atoms with Gasteiger partial charge in [-0.3, -0.25) is 4.40 Å². The molecule has 3 aromatic heterocycles. The monoisotopic (exact) mass is 292 g/mol. The van der Waals surface area contributed by atoms with Crippen molar-refractivity contribution in [1.29, 1.82) is 0 Å². The van der Waals surface area contributed by atoms with E-state index >= 15 is 0 Å². The van der Waals surface area contributed by atoms with Crippen molar-refractivity contribution in [1.82, 2.24) is 19.4 Å². The third kappa shape index (κ3) is 1.48. The van der Waals surface area contributed by atoms with Gasteiger partial charge in [0.2, 0.25) is 5.88 Å². The molecule has 0 aromatic carbocycles. The summed E-state index contributed by atoms with van der Waals surface area (Å²) >= 11 is 3.48. The molecule has 0 aliphatic carbocycles. The largest absolute Gasteiger partial charge is 0.480 e. The van der Waals surface area contributed by atoms with E-state index in [1.165, 1.54) is 0 Å². The van der Waals surface area contributed by atoms with Crippen molar-refractivity contribution in [3.63, 3.8) is 0 Å². The van der Waals surface area contributed by atoms with Crippen LogP contribution in [0.3, 0.4) is 0 Å². The van der Waals surface area contributed by atoms with Gasteiger partial charge in [0.05, 0.1) is 17.0 Å². The summed E-state index contributed by atoms with van der Waals surface area (Å²) in [7, 11) is 1.60. The number of fused-ring (bicyclic) bond motifs is 3. The summed E-state index contributed by atoms with van der Waals surface area (Å²) in [5.74, 6) is 1.25. The molecule has 3 rings (SSSR count). The number of aryl methyl sites for hydroxylation is 1. The molecule has 0 fully saturated rings. The molecule has 0 saturated carbocycles. The molecular weight excluding hydrogens is 284 g/mol. The van der Waals surface area contributed by atoms with Crippen LogP contribution < -0.4 is 4.74 Å². The second-order valence-electron chi connectivity index (χ2n) is 3.63. The zero-order valence-corrected chi connectivity index (χ0v) is 10.9. The van der Waals surface area contributed by atoms with Crippen molar-refractivity contribution >= 4 is 32.6 Å². The zero-order chi connectivity index (χ0) is 12.0. The molecule has 0 bridgehead atoms. The molecule has 5 nitrogen and oxygen atoms in total. The predicted molar refractivity (Wildman–Crippen MR) is 67.3 cm³/mol. The number of nitrogens with zero attached hydrogens (tertiary/aromatic N) is 4. The highest BCUT2D eigenvalue weighted by atomic mass is 79.9. The molecule has 0 unspecified atom stereocenters. The van der Waals surface area contributed by atoms with Crippen LogP contribution in [0.1, 0.15) is 5.82 Å². The maximum absolute atomic E-state index is 5.28. The maximum Gasteiger partial charge on any atom is 0.226 e. The summed E-state index contributed by atoms with van der Waals surface area (Å²) in [5, 5.41) is 0.857. The van der Waals surface area contributed by atoms with E-state index in [0.717, 1.165) is 21.2 Å². The van der Waals surface area contributed by atoms with Crippen LogP contribution in [0.15, 0.2) is 22.9 Å². The number of aromatic nitrogens is 4. The van der Waals surface area contributed by atoms with Crippen molar-refractivity contribution in [3.8, 4) is 5.88 Å². The Kier molecular flexibility index (Phi) is 2.25. The Labute approximate surface area is 106 Å². The lowest BCUT2D eigenvalue weighted by Gasteiger charge is -2.08. The third-order valence-corrected chi connectivity index (χ3v) is 3.13. The molecule has 6 heteroatoms. The lowest BCUT2D eigenvalue weighted by Crippen LogP contribution is -1.99. The summed E-state index contributed by atoms with van der Waals surface area (Å²) in [4.78, 5) is 13.0. The molecule has 86 valence electrons. The molecule has 0 atom stereocenters. The Balaban J connectivity index is 2.58. The smallest absolute Gasteiger partial charge is 0.226 e. The van der Waals surface area contributed by atoms with E-state index in [0.29, 0.717) is 11.7 Å². The number of hydrogen-bond donors (Lipinski definition) is 0. The number of imidazole rings is 1. The van der Waals surface area contributed by atoms with E-state index in [4.69, 9.17) is 4.74 Å². The Bertz CT molecular complexity index is 722. The van der Waals surface area contributed by atoms with Gasteiger partial charge < -0.3 is 4.74 Å². The van der Waals surface area contributed by atoms with Crippen LogP contribution in [0.25, 0.3) is 16.7 Å². The average molecular weight is 293 g/mol. The van der Waals surface area contributed by atoms with Crippen LogP contribution in [0, 0.1) is 6.92 Å².